The predicted octanol–water partition coefficient (Wildman–Crippen LogP) is -0.327. The summed E-state index contributed by atoms with van der Waals surface area (Å²) in [5.41, 5.74) is 8.94. The maximum absolute atomic E-state index is 12.3. The van der Waals surface area contributed by atoms with Gasteiger partial charge in [0.2, 0.25) is 5.91 Å². The number of carbonyl (C=O) groups is 4. The average molecular weight is 395 g/mol. The molecule has 154 valence electrons. The molecular formula is C18H25N3O7. The van der Waals surface area contributed by atoms with Crippen LogP contribution >= 0.6 is 0 Å². The summed E-state index contributed by atoms with van der Waals surface area (Å²) in [6, 6.07) is 5.38. The molecule has 1 amide bonds. The Bertz CT molecular complexity index is 694. The van der Waals surface area contributed by atoms with Crippen molar-refractivity contribution in [2.24, 2.45) is 11.7 Å². The number of hydrogen-bond donors (Lipinski definition) is 5. The van der Waals surface area contributed by atoms with E-state index in [1.807, 2.05) is 6.07 Å². The van der Waals surface area contributed by atoms with E-state index in [1.165, 1.54) is 0 Å². The van der Waals surface area contributed by atoms with Gasteiger partial charge >= 0.3 is 17.9 Å². The highest BCUT2D eigenvalue weighted by Crippen LogP contribution is 2.06. The molecule has 0 heterocycles. The predicted molar refractivity (Wildman–Crippen MR) is 97.8 cm³/mol. The van der Waals surface area contributed by atoms with Gasteiger partial charge in [0.15, 0.2) is 0 Å². The van der Waals surface area contributed by atoms with Gasteiger partial charge < -0.3 is 26.1 Å². The molecule has 0 spiro atoms. The number of carboxylic acid groups (broad SMARTS) is 2. The number of amides is 1. The Labute approximate surface area is 162 Å². The van der Waals surface area contributed by atoms with Crippen LogP contribution in [0.4, 0.5) is 0 Å². The first-order chi connectivity index (χ1) is 13.1. The first-order valence-corrected chi connectivity index (χ1v) is 8.62. The van der Waals surface area contributed by atoms with E-state index in [-0.39, 0.29) is 6.42 Å². The third-order valence-corrected chi connectivity index (χ3v) is 3.83. The SMILES string of the molecule is CC(C)[C@H](NOC(=O)[C@@H](N)Cc1ccccc1)C(=O)N[C@@H](CC(=O)O)C(=O)O. The van der Waals surface area contributed by atoms with Crippen LogP contribution in [0.15, 0.2) is 30.3 Å². The van der Waals surface area contributed by atoms with Gasteiger partial charge in [-0.05, 0) is 17.9 Å². The number of hydroxylamine groups is 1. The summed E-state index contributed by atoms with van der Waals surface area (Å²) in [6.45, 7) is 3.28. The molecule has 0 radical (unpaired) electrons. The van der Waals surface area contributed by atoms with E-state index in [4.69, 9.17) is 20.8 Å². The first-order valence-electron chi connectivity index (χ1n) is 8.62. The second-order valence-corrected chi connectivity index (χ2v) is 6.55. The van der Waals surface area contributed by atoms with Crippen LogP contribution in [0, 0.1) is 5.92 Å². The molecule has 0 aliphatic carbocycles. The van der Waals surface area contributed by atoms with Gasteiger partial charge in [0.1, 0.15) is 18.1 Å². The summed E-state index contributed by atoms with van der Waals surface area (Å²) in [7, 11) is 0. The lowest BCUT2D eigenvalue weighted by Crippen LogP contribution is -2.53. The Hall–Kier alpha value is -2.98. The number of carboxylic acids is 2. The number of benzene rings is 1. The maximum Gasteiger partial charge on any atom is 0.341 e. The van der Waals surface area contributed by atoms with Crippen LogP contribution in [-0.2, 0) is 30.4 Å². The van der Waals surface area contributed by atoms with E-state index < -0.39 is 54.3 Å². The molecule has 0 aliphatic rings. The largest absolute Gasteiger partial charge is 0.481 e. The molecular weight excluding hydrogens is 370 g/mol. The van der Waals surface area contributed by atoms with Gasteiger partial charge in [-0.2, -0.15) is 0 Å². The second kappa shape index (κ2) is 11.0. The van der Waals surface area contributed by atoms with E-state index in [1.54, 1.807) is 38.1 Å². The smallest absolute Gasteiger partial charge is 0.341 e. The van der Waals surface area contributed by atoms with E-state index in [2.05, 4.69) is 10.8 Å². The number of aliphatic carboxylic acids is 2. The fourth-order valence-corrected chi connectivity index (χ4v) is 2.28. The van der Waals surface area contributed by atoms with Gasteiger partial charge in [0, 0.05) is 0 Å². The van der Waals surface area contributed by atoms with E-state index >= 15 is 0 Å². The third-order valence-electron chi connectivity index (χ3n) is 3.83. The highest BCUT2D eigenvalue weighted by Gasteiger charge is 2.30. The first kappa shape index (κ1) is 23.1. The zero-order valence-corrected chi connectivity index (χ0v) is 15.6. The van der Waals surface area contributed by atoms with Crippen molar-refractivity contribution in [1.82, 2.24) is 10.8 Å². The minimum Gasteiger partial charge on any atom is -0.481 e. The van der Waals surface area contributed by atoms with Crippen molar-refractivity contribution in [1.29, 1.82) is 0 Å². The van der Waals surface area contributed by atoms with Gasteiger partial charge in [0.05, 0.1) is 6.42 Å². The quantitative estimate of drug-likeness (QED) is 0.315. The Morgan fingerprint density at radius 3 is 2.21 bits per heavy atom. The van der Waals surface area contributed by atoms with Crippen LogP contribution in [0.25, 0.3) is 0 Å². The van der Waals surface area contributed by atoms with Crippen molar-refractivity contribution in [3.63, 3.8) is 0 Å². The highest BCUT2D eigenvalue weighted by atomic mass is 16.7. The van der Waals surface area contributed by atoms with Gasteiger partial charge in [0.25, 0.3) is 0 Å². The monoisotopic (exact) mass is 395 g/mol. The molecule has 0 fully saturated rings. The maximum atomic E-state index is 12.3. The fraction of sp³-hybridized carbons (Fsp3) is 0.444. The van der Waals surface area contributed by atoms with Crippen molar-refractivity contribution < 1.29 is 34.2 Å². The van der Waals surface area contributed by atoms with Gasteiger partial charge in [-0.25, -0.2) is 9.59 Å². The molecule has 0 unspecified atom stereocenters. The lowest BCUT2D eigenvalue weighted by atomic mass is 10.0. The van der Waals surface area contributed by atoms with Crippen LogP contribution in [0.2, 0.25) is 0 Å². The summed E-state index contributed by atoms with van der Waals surface area (Å²) in [5.74, 6) is -4.85. The van der Waals surface area contributed by atoms with E-state index in [0.29, 0.717) is 0 Å². The number of hydrogen-bond acceptors (Lipinski definition) is 7. The lowest BCUT2D eigenvalue weighted by molar-refractivity contribution is -0.158. The van der Waals surface area contributed by atoms with Crippen molar-refractivity contribution >= 4 is 23.8 Å². The summed E-state index contributed by atoms with van der Waals surface area (Å²) in [4.78, 5) is 51.1. The molecule has 0 aromatic heterocycles. The molecule has 0 saturated carbocycles. The number of rotatable bonds is 11. The van der Waals surface area contributed by atoms with E-state index in [9.17, 15) is 19.2 Å². The molecule has 0 bridgehead atoms. The Morgan fingerprint density at radius 1 is 1.11 bits per heavy atom. The van der Waals surface area contributed by atoms with Crippen LogP contribution in [0.5, 0.6) is 0 Å². The zero-order valence-electron chi connectivity index (χ0n) is 15.6. The van der Waals surface area contributed by atoms with Gasteiger partial charge in [-0.3, -0.25) is 9.59 Å². The van der Waals surface area contributed by atoms with Crippen molar-refractivity contribution in [3.8, 4) is 0 Å². The lowest BCUT2D eigenvalue weighted by Gasteiger charge is -2.23. The minimum absolute atomic E-state index is 0.236. The van der Waals surface area contributed by atoms with Crippen LogP contribution in [0.1, 0.15) is 25.8 Å². The topological polar surface area (TPSA) is 168 Å². The summed E-state index contributed by atoms with van der Waals surface area (Å²) < 4.78 is 0. The van der Waals surface area contributed by atoms with E-state index in [0.717, 1.165) is 5.56 Å². The molecule has 1 rings (SSSR count). The number of nitrogens with one attached hydrogen (secondary N) is 2. The molecule has 10 nitrogen and oxygen atoms in total. The van der Waals surface area contributed by atoms with Crippen LogP contribution in [-0.4, -0.2) is 52.2 Å². The summed E-state index contributed by atoms with van der Waals surface area (Å²) in [5, 5.41) is 19.9. The normalized spacial score (nSPS) is 14.0. The Morgan fingerprint density at radius 2 is 1.71 bits per heavy atom. The molecule has 28 heavy (non-hydrogen) atoms. The molecule has 6 N–H and O–H groups in total. The number of nitrogens with two attached hydrogens (primary N) is 1. The van der Waals surface area contributed by atoms with Crippen LogP contribution in [0.3, 0.4) is 0 Å². The number of carbonyl (C=O) groups excluding carboxylic acids is 2. The minimum atomic E-state index is -1.61. The third kappa shape index (κ3) is 7.72. The average Bonchev–Trinajstić information content (AvgIpc) is 2.61. The molecule has 10 heteroatoms. The summed E-state index contributed by atoms with van der Waals surface area (Å²) >= 11 is 0. The molecule has 3 atom stereocenters. The molecule has 1 aromatic rings. The Balaban J connectivity index is 2.65. The second-order valence-electron chi connectivity index (χ2n) is 6.55. The van der Waals surface area contributed by atoms with Crippen LogP contribution < -0.4 is 16.5 Å². The van der Waals surface area contributed by atoms with Gasteiger partial charge in [-0.1, -0.05) is 44.2 Å². The van der Waals surface area contributed by atoms with Gasteiger partial charge in [-0.15, -0.1) is 5.48 Å². The molecule has 1 aromatic carbocycles. The Kier molecular flexibility index (Phi) is 9.06. The fourth-order valence-electron chi connectivity index (χ4n) is 2.28. The molecule has 0 saturated heterocycles. The molecule has 0 aliphatic heterocycles. The van der Waals surface area contributed by atoms with Crippen molar-refractivity contribution in [3.05, 3.63) is 35.9 Å². The van der Waals surface area contributed by atoms with Crippen molar-refractivity contribution in [2.45, 2.75) is 44.8 Å². The highest BCUT2D eigenvalue weighted by molar-refractivity contribution is 5.89. The summed E-state index contributed by atoms with van der Waals surface area (Å²) in [6.07, 6.45) is -0.548. The van der Waals surface area contributed by atoms with Crippen molar-refractivity contribution in [2.75, 3.05) is 0 Å². The zero-order chi connectivity index (χ0) is 21.3. The standard InChI is InChI=1S/C18H25N3O7/c1-10(2)15(16(24)20-13(17(25)26)9-14(22)23)21-28-18(27)12(19)8-11-6-4-3-5-7-11/h3-7,10,12-13,15,21H,8-9,19H2,1-2H3,(H,20,24)(H,22,23)(H,25,26)/t12-,13-,15-/m0/s1.